The first kappa shape index (κ1) is 17.5. The summed E-state index contributed by atoms with van der Waals surface area (Å²) in [5.74, 6) is 0.0867. The Kier molecular flexibility index (Phi) is 4.81. The zero-order valence-corrected chi connectivity index (χ0v) is 15.2. The fourth-order valence-corrected chi connectivity index (χ4v) is 4.06. The lowest BCUT2D eigenvalue weighted by atomic mass is 10.0. The van der Waals surface area contributed by atoms with Crippen molar-refractivity contribution >= 4 is 21.6 Å². The van der Waals surface area contributed by atoms with Gasteiger partial charge in [0.05, 0.1) is 11.9 Å². The van der Waals surface area contributed by atoms with Gasteiger partial charge in [0.1, 0.15) is 0 Å². The lowest BCUT2D eigenvalue weighted by molar-refractivity contribution is 0.0951. The molecular weight excluding hydrogens is 336 g/mol. The van der Waals surface area contributed by atoms with Gasteiger partial charge >= 0.3 is 0 Å². The van der Waals surface area contributed by atoms with E-state index in [9.17, 15) is 13.2 Å². The number of rotatable bonds is 5. The van der Waals surface area contributed by atoms with Crippen LogP contribution in [-0.4, -0.2) is 33.7 Å². The van der Waals surface area contributed by atoms with Crippen LogP contribution in [0.3, 0.4) is 0 Å². The summed E-state index contributed by atoms with van der Waals surface area (Å²) in [5.41, 5.74) is 3.32. The molecule has 132 valence electrons. The minimum Gasteiger partial charge on any atom is -0.351 e. The molecule has 1 amide bonds. The Labute approximate surface area is 148 Å². The highest BCUT2D eigenvalue weighted by Gasteiger charge is 2.26. The van der Waals surface area contributed by atoms with Crippen molar-refractivity contribution in [1.29, 1.82) is 0 Å². The maximum atomic E-state index is 12.4. The number of nitrogens with zero attached hydrogens (tertiary/aromatic N) is 1. The van der Waals surface area contributed by atoms with Gasteiger partial charge in [-0.2, -0.15) is 0 Å². The molecule has 5 nitrogen and oxygen atoms in total. The summed E-state index contributed by atoms with van der Waals surface area (Å²) in [6.45, 7) is 3.06. The van der Waals surface area contributed by atoms with Gasteiger partial charge in [0, 0.05) is 18.7 Å². The van der Waals surface area contributed by atoms with Crippen LogP contribution in [0.4, 0.5) is 5.69 Å². The number of carbonyl (C=O) groups excluding carboxylic acids is 1. The molecule has 1 atom stereocenters. The maximum absolute atomic E-state index is 12.4. The zero-order valence-electron chi connectivity index (χ0n) is 14.4. The van der Waals surface area contributed by atoms with Gasteiger partial charge in [0.15, 0.2) is 0 Å². The number of nitrogens with one attached hydrogen (secondary N) is 1. The van der Waals surface area contributed by atoms with E-state index in [1.54, 1.807) is 18.2 Å². The molecule has 1 aliphatic heterocycles. The summed E-state index contributed by atoms with van der Waals surface area (Å²) in [6, 6.07) is 15.2. The third-order valence-corrected chi connectivity index (χ3v) is 5.71. The molecule has 0 saturated heterocycles. The molecule has 3 rings (SSSR count). The fraction of sp³-hybridized carbons (Fsp3) is 0.316. The maximum Gasteiger partial charge on any atom is 0.251 e. The van der Waals surface area contributed by atoms with E-state index in [4.69, 9.17) is 0 Å². The molecule has 1 N–H and O–H groups in total. The number of amides is 1. The van der Waals surface area contributed by atoms with Gasteiger partial charge < -0.3 is 5.32 Å². The second kappa shape index (κ2) is 6.88. The van der Waals surface area contributed by atoms with Gasteiger partial charge in [0.25, 0.3) is 5.91 Å². The number of fused-ring (bicyclic) bond motifs is 1. The summed E-state index contributed by atoms with van der Waals surface area (Å²) in [5, 5.41) is 2.96. The fourth-order valence-electron chi connectivity index (χ4n) is 3.10. The number of sulfonamides is 1. The largest absolute Gasteiger partial charge is 0.351 e. The minimum absolute atomic E-state index is 0.136. The van der Waals surface area contributed by atoms with Crippen molar-refractivity contribution in [1.82, 2.24) is 5.32 Å². The third kappa shape index (κ3) is 3.85. The number of hydrogen-bond acceptors (Lipinski definition) is 3. The molecule has 0 bridgehead atoms. The number of anilines is 1. The molecule has 2 aromatic rings. The topological polar surface area (TPSA) is 66.5 Å². The van der Waals surface area contributed by atoms with Gasteiger partial charge in [-0.25, -0.2) is 8.42 Å². The summed E-state index contributed by atoms with van der Waals surface area (Å²) >= 11 is 0. The lowest BCUT2D eigenvalue weighted by Gasteiger charge is -2.17. The van der Waals surface area contributed by atoms with Crippen LogP contribution in [0.2, 0.25) is 0 Å². The average molecular weight is 358 g/mol. The lowest BCUT2D eigenvalue weighted by Crippen LogP contribution is -2.28. The highest BCUT2D eigenvalue weighted by Crippen LogP contribution is 2.30. The van der Waals surface area contributed by atoms with E-state index in [0.717, 1.165) is 5.56 Å². The van der Waals surface area contributed by atoms with E-state index < -0.39 is 10.0 Å². The SMILES string of the molecule is C[C@H](CNC(=O)c1ccc2c(c1)CCN2S(C)(=O)=O)c1ccccc1. The van der Waals surface area contributed by atoms with Gasteiger partial charge in [0.2, 0.25) is 10.0 Å². The van der Waals surface area contributed by atoms with Crippen LogP contribution >= 0.6 is 0 Å². The van der Waals surface area contributed by atoms with Crippen LogP contribution in [0, 0.1) is 0 Å². The Morgan fingerprint density at radius 3 is 2.60 bits per heavy atom. The van der Waals surface area contributed by atoms with Crippen molar-refractivity contribution in [2.45, 2.75) is 19.3 Å². The van der Waals surface area contributed by atoms with E-state index in [1.165, 1.54) is 16.1 Å². The number of carbonyl (C=O) groups is 1. The molecule has 1 heterocycles. The van der Waals surface area contributed by atoms with Crippen LogP contribution < -0.4 is 9.62 Å². The van der Waals surface area contributed by atoms with E-state index in [0.29, 0.717) is 30.8 Å². The number of hydrogen-bond donors (Lipinski definition) is 1. The highest BCUT2D eigenvalue weighted by atomic mass is 32.2. The first-order chi connectivity index (χ1) is 11.9. The molecule has 0 aromatic heterocycles. The quantitative estimate of drug-likeness (QED) is 0.893. The normalized spacial score (nSPS) is 14.9. The summed E-state index contributed by atoms with van der Waals surface area (Å²) < 4.78 is 24.9. The Morgan fingerprint density at radius 1 is 1.20 bits per heavy atom. The van der Waals surface area contributed by atoms with E-state index >= 15 is 0 Å². The molecule has 6 heteroatoms. The molecule has 0 spiro atoms. The van der Waals surface area contributed by atoms with Crippen LogP contribution in [0.5, 0.6) is 0 Å². The van der Waals surface area contributed by atoms with Crippen molar-refractivity contribution in [2.75, 3.05) is 23.7 Å². The second-order valence-corrected chi connectivity index (χ2v) is 8.36. The third-order valence-electron chi connectivity index (χ3n) is 4.53. The van der Waals surface area contributed by atoms with Gasteiger partial charge in [-0.05, 0) is 41.7 Å². The van der Waals surface area contributed by atoms with Crippen LogP contribution in [0.15, 0.2) is 48.5 Å². The first-order valence-corrected chi connectivity index (χ1v) is 10.1. The summed E-state index contributed by atoms with van der Waals surface area (Å²) in [7, 11) is -3.27. The van der Waals surface area contributed by atoms with Gasteiger partial charge in [-0.15, -0.1) is 0 Å². The Bertz CT molecular complexity index is 879. The molecule has 0 fully saturated rings. The zero-order chi connectivity index (χ0) is 18.0. The second-order valence-electron chi connectivity index (χ2n) is 6.45. The number of benzene rings is 2. The van der Waals surface area contributed by atoms with Gasteiger partial charge in [-0.3, -0.25) is 9.10 Å². The Balaban J connectivity index is 1.68. The van der Waals surface area contributed by atoms with Crippen molar-refractivity contribution in [2.24, 2.45) is 0 Å². The average Bonchev–Trinajstić information content (AvgIpc) is 3.03. The van der Waals surface area contributed by atoms with E-state index in [-0.39, 0.29) is 11.8 Å². The molecular formula is C19H22N2O3S. The van der Waals surface area contributed by atoms with Gasteiger partial charge in [-0.1, -0.05) is 37.3 Å². The molecule has 0 unspecified atom stereocenters. The van der Waals surface area contributed by atoms with Crippen molar-refractivity contribution in [3.8, 4) is 0 Å². The van der Waals surface area contributed by atoms with Crippen LogP contribution in [-0.2, 0) is 16.4 Å². The van der Waals surface area contributed by atoms with E-state index in [1.807, 2.05) is 30.3 Å². The molecule has 1 aliphatic rings. The van der Waals surface area contributed by atoms with Crippen LogP contribution in [0.25, 0.3) is 0 Å². The van der Waals surface area contributed by atoms with E-state index in [2.05, 4.69) is 12.2 Å². The smallest absolute Gasteiger partial charge is 0.251 e. The van der Waals surface area contributed by atoms with Crippen molar-refractivity contribution < 1.29 is 13.2 Å². The predicted octanol–water partition coefficient (Wildman–Crippen LogP) is 2.54. The predicted molar refractivity (Wildman–Crippen MR) is 99.5 cm³/mol. The molecule has 0 aliphatic carbocycles. The summed E-state index contributed by atoms with van der Waals surface area (Å²) in [6.07, 6.45) is 1.83. The molecule has 25 heavy (non-hydrogen) atoms. The standard InChI is InChI=1S/C19H22N2O3S/c1-14(15-6-4-3-5-7-15)13-20-19(22)17-8-9-18-16(12-17)10-11-21(18)25(2,23)24/h3-9,12,14H,10-11,13H2,1-2H3,(H,20,22)/t14-/m1/s1. The molecule has 0 radical (unpaired) electrons. The minimum atomic E-state index is -3.27. The molecule has 2 aromatic carbocycles. The highest BCUT2D eigenvalue weighted by molar-refractivity contribution is 7.92. The Hall–Kier alpha value is -2.34. The van der Waals surface area contributed by atoms with Crippen molar-refractivity contribution in [3.05, 3.63) is 65.2 Å². The monoisotopic (exact) mass is 358 g/mol. The first-order valence-electron chi connectivity index (χ1n) is 8.30. The molecule has 0 saturated carbocycles. The van der Waals surface area contributed by atoms with Crippen molar-refractivity contribution in [3.63, 3.8) is 0 Å². The van der Waals surface area contributed by atoms with Crippen LogP contribution in [0.1, 0.15) is 34.3 Å². The Morgan fingerprint density at radius 2 is 1.92 bits per heavy atom. The summed E-state index contributed by atoms with van der Waals surface area (Å²) in [4.78, 5) is 12.4.